The topological polar surface area (TPSA) is 106 Å². The third-order valence-corrected chi connectivity index (χ3v) is 5.33. The van der Waals surface area contributed by atoms with Gasteiger partial charge in [0.05, 0.1) is 25.3 Å². The first kappa shape index (κ1) is 21.7. The van der Waals surface area contributed by atoms with Crippen LogP contribution in [0.5, 0.6) is 11.5 Å². The number of hydrazone groups is 1. The van der Waals surface area contributed by atoms with Gasteiger partial charge in [0, 0.05) is 23.6 Å². The van der Waals surface area contributed by atoms with Crippen LogP contribution >= 0.6 is 11.6 Å². The molecule has 0 saturated heterocycles. The molecule has 0 spiro atoms. The van der Waals surface area contributed by atoms with Gasteiger partial charge in [0.1, 0.15) is 11.5 Å². The number of carbonyl (C=O) groups is 1. The molecule has 0 aliphatic rings. The Hall–Kier alpha value is -2.62. The van der Waals surface area contributed by atoms with E-state index in [2.05, 4.69) is 15.2 Å². The van der Waals surface area contributed by atoms with Crippen LogP contribution in [0.15, 0.2) is 52.5 Å². The Labute approximate surface area is 168 Å². The fourth-order valence-corrected chi connectivity index (χ4v) is 3.32. The van der Waals surface area contributed by atoms with Crippen LogP contribution in [0.25, 0.3) is 0 Å². The molecule has 28 heavy (non-hydrogen) atoms. The zero-order valence-corrected chi connectivity index (χ0v) is 16.9. The smallest absolute Gasteiger partial charge is 0.241 e. The van der Waals surface area contributed by atoms with Crippen molar-refractivity contribution in [2.24, 2.45) is 5.10 Å². The number of hydrogen-bond donors (Lipinski definition) is 2. The number of benzene rings is 2. The molecule has 2 rings (SSSR count). The number of nitrogens with one attached hydrogen (secondary N) is 2. The van der Waals surface area contributed by atoms with E-state index in [1.165, 1.54) is 44.7 Å². The third kappa shape index (κ3) is 6.22. The summed E-state index contributed by atoms with van der Waals surface area (Å²) in [4.78, 5) is 11.9. The van der Waals surface area contributed by atoms with Crippen LogP contribution in [-0.4, -0.2) is 41.3 Å². The maximum absolute atomic E-state index is 12.1. The van der Waals surface area contributed by atoms with Gasteiger partial charge in [0.2, 0.25) is 15.9 Å². The summed E-state index contributed by atoms with van der Waals surface area (Å²) in [6, 6.07) is 10.9. The molecule has 0 aromatic heterocycles. The van der Waals surface area contributed by atoms with Crippen molar-refractivity contribution >= 4 is 33.7 Å². The summed E-state index contributed by atoms with van der Waals surface area (Å²) >= 11 is 5.74. The lowest BCUT2D eigenvalue weighted by atomic mass is 10.2. The summed E-state index contributed by atoms with van der Waals surface area (Å²) in [6.45, 7) is -0.0746. The third-order valence-electron chi connectivity index (χ3n) is 3.60. The molecule has 0 unspecified atom stereocenters. The van der Waals surface area contributed by atoms with E-state index in [-0.39, 0.29) is 17.9 Å². The SMILES string of the molecule is COc1ccc(OC)c(/C=N\NC(=O)CCNS(=O)(=O)c2ccc(Cl)cc2)c1. The fraction of sp³-hybridized carbons (Fsp3) is 0.222. The molecule has 0 saturated carbocycles. The molecular formula is C18H20ClN3O5S. The molecule has 2 N–H and O–H groups in total. The molecule has 0 bridgehead atoms. The second-order valence-corrected chi connectivity index (χ2v) is 7.71. The lowest BCUT2D eigenvalue weighted by Gasteiger charge is -2.07. The number of ether oxygens (including phenoxy) is 2. The van der Waals surface area contributed by atoms with Crippen LogP contribution in [0.1, 0.15) is 12.0 Å². The monoisotopic (exact) mass is 425 g/mol. The van der Waals surface area contributed by atoms with Crippen molar-refractivity contribution in [1.29, 1.82) is 0 Å². The first-order chi connectivity index (χ1) is 13.4. The Kier molecular flexibility index (Phi) is 7.80. The molecule has 0 fully saturated rings. The lowest BCUT2D eigenvalue weighted by molar-refractivity contribution is -0.120. The minimum atomic E-state index is -3.71. The van der Waals surface area contributed by atoms with E-state index in [0.717, 1.165) is 0 Å². The van der Waals surface area contributed by atoms with Crippen LogP contribution in [-0.2, 0) is 14.8 Å². The van der Waals surface area contributed by atoms with E-state index in [9.17, 15) is 13.2 Å². The van der Waals surface area contributed by atoms with E-state index < -0.39 is 15.9 Å². The first-order valence-electron chi connectivity index (χ1n) is 8.15. The molecule has 2 aromatic carbocycles. The Morgan fingerprint density at radius 2 is 1.86 bits per heavy atom. The highest BCUT2D eigenvalue weighted by atomic mass is 35.5. The molecular weight excluding hydrogens is 406 g/mol. The second kappa shape index (κ2) is 10.1. The maximum Gasteiger partial charge on any atom is 0.241 e. The molecule has 0 aliphatic heterocycles. The minimum Gasteiger partial charge on any atom is -0.497 e. The van der Waals surface area contributed by atoms with Crippen LogP contribution < -0.4 is 19.6 Å². The van der Waals surface area contributed by atoms with Gasteiger partial charge in [-0.15, -0.1) is 0 Å². The predicted octanol–water partition coefficient (Wildman–Crippen LogP) is 2.18. The van der Waals surface area contributed by atoms with E-state index in [1.54, 1.807) is 18.2 Å². The van der Waals surface area contributed by atoms with Gasteiger partial charge in [-0.1, -0.05) is 11.6 Å². The number of carbonyl (C=O) groups excluding carboxylic acids is 1. The molecule has 0 radical (unpaired) electrons. The Morgan fingerprint density at radius 1 is 1.14 bits per heavy atom. The Balaban J connectivity index is 1.86. The van der Waals surface area contributed by atoms with Crippen molar-refractivity contribution in [2.75, 3.05) is 20.8 Å². The number of nitrogens with zero attached hydrogens (tertiary/aromatic N) is 1. The van der Waals surface area contributed by atoms with E-state index >= 15 is 0 Å². The van der Waals surface area contributed by atoms with Crippen molar-refractivity contribution in [1.82, 2.24) is 10.1 Å². The highest BCUT2D eigenvalue weighted by Gasteiger charge is 2.13. The summed E-state index contributed by atoms with van der Waals surface area (Å²) in [5.74, 6) is 0.733. The zero-order chi connectivity index (χ0) is 20.6. The summed E-state index contributed by atoms with van der Waals surface area (Å²) in [7, 11) is -0.655. The molecule has 0 heterocycles. The standard InChI is InChI=1S/C18H20ClN3O5S/c1-26-15-5-8-17(27-2)13(11-15)12-20-22-18(23)9-10-21-28(24,25)16-6-3-14(19)4-7-16/h3-8,11-12,21H,9-10H2,1-2H3,(H,22,23)/b20-12-. The van der Waals surface area contributed by atoms with Crippen LogP contribution in [0, 0.1) is 0 Å². The molecule has 0 atom stereocenters. The van der Waals surface area contributed by atoms with Crippen LogP contribution in [0.3, 0.4) is 0 Å². The minimum absolute atomic E-state index is 0.0699. The normalized spacial score (nSPS) is 11.4. The van der Waals surface area contributed by atoms with Crippen molar-refractivity contribution < 1.29 is 22.7 Å². The van der Waals surface area contributed by atoms with Crippen molar-refractivity contribution in [3.63, 3.8) is 0 Å². The number of amides is 1. The number of rotatable bonds is 9. The van der Waals surface area contributed by atoms with Crippen molar-refractivity contribution in [2.45, 2.75) is 11.3 Å². The van der Waals surface area contributed by atoms with Crippen molar-refractivity contribution in [3.05, 3.63) is 53.1 Å². The summed E-state index contributed by atoms with van der Waals surface area (Å²) in [6.07, 6.45) is 1.33. The van der Waals surface area contributed by atoms with E-state index in [4.69, 9.17) is 21.1 Å². The van der Waals surface area contributed by atoms with Gasteiger partial charge in [0.15, 0.2) is 0 Å². The molecule has 150 valence electrons. The number of methoxy groups -OCH3 is 2. The van der Waals surface area contributed by atoms with Crippen LogP contribution in [0.4, 0.5) is 0 Å². The fourth-order valence-electron chi connectivity index (χ4n) is 2.17. The van der Waals surface area contributed by atoms with Gasteiger partial charge in [0.25, 0.3) is 0 Å². The largest absolute Gasteiger partial charge is 0.497 e. The second-order valence-electron chi connectivity index (χ2n) is 5.50. The van der Waals surface area contributed by atoms with Gasteiger partial charge in [-0.25, -0.2) is 18.6 Å². The summed E-state index contributed by atoms with van der Waals surface area (Å²) in [5.41, 5.74) is 2.95. The Morgan fingerprint density at radius 3 is 2.50 bits per heavy atom. The number of halogens is 1. The van der Waals surface area contributed by atoms with Crippen molar-refractivity contribution in [3.8, 4) is 11.5 Å². The summed E-state index contributed by atoms with van der Waals surface area (Å²) < 4.78 is 36.9. The lowest BCUT2D eigenvalue weighted by Crippen LogP contribution is -2.29. The van der Waals surface area contributed by atoms with E-state index in [1.807, 2.05) is 0 Å². The Bertz CT molecular complexity index is 946. The zero-order valence-electron chi connectivity index (χ0n) is 15.3. The highest BCUT2D eigenvalue weighted by Crippen LogP contribution is 2.22. The predicted molar refractivity (Wildman–Crippen MR) is 107 cm³/mol. The molecule has 2 aromatic rings. The average Bonchev–Trinajstić information content (AvgIpc) is 2.68. The summed E-state index contributed by atoms with van der Waals surface area (Å²) in [5, 5.41) is 4.29. The van der Waals surface area contributed by atoms with E-state index in [0.29, 0.717) is 22.1 Å². The highest BCUT2D eigenvalue weighted by molar-refractivity contribution is 7.89. The maximum atomic E-state index is 12.1. The molecule has 8 nitrogen and oxygen atoms in total. The van der Waals surface area contributed by atoms with Gasteiger partial charge >= 0.3 is 0 Å². The van der Waals surface area contributed by atoms with Gasteiger partial charge in [-0.2, -0.15) is 5.10 Å². The van der Waals surface area contributed by atoms with Gasteiger partial charge < -0.3 is 9.47 Å². The molecule has 1 amide bonds. The molecule has 0 aliphatic carbocycles. The average molecular weight is 426 g/mol. The quantitative estimate of drug-likeness (QED) is 0.473. The van der Waals surface area contributed by atoms with Gasteiger partial charge in [-0.05, 0) is 42.5 Å². The first-order valence-corrected chi connectivity index (χ1v) is 10.0. The van der Waals surface area contributed by atoms with Crippen LogP contribution in [0.2, 0.25) is 5.02 Å². The molecule has 10 heteroatoms. The number of hydrogen-bond acceptors (Lipinski definition) is 6. The number of sulfonamides is 1. The van der Waals surface area contributed by atoms with Gasteiger partial charge in [-0.3, -0.25) is 4.79 Å².